The first-order valence-corrected chi connectivity index (χ1v) is 9.36. The molecule has 0 saturated heterocycles. The van der Waals surface area contributed by atoms with Crippen LogP contribution in [0.3, 0.4) is 0 Å². The number of benzene rings is 1. The lowest BCUT2D eigenvalue weighted by atomic mass is 10.3. The molecule has 2 aromatic heterocycles. The van der Waals surface area contributed by atoms with E-state index in [1.165, 1.54) is 20.5 Å². The van der Waals surface area contributed by atoms with Gasteiger partial charge in [-0.1, -0.05) is 0 Å². The van der Waals surface area contributed by atoms with Gasteiger partial charge in [0.15, 0.2) is 12.3 Å². The fourth-order valence-corrected chi connectivity index (χ4v) is 3.10. The summed E-state index contributed by atoms with van der Waals surface area (Å²) >= 11 is 3.24. The Morgan fingerprint density at radius 3 is 2.59 bits per heavy atom. The van der Waals surface area contributed by atoms with Gasteiger partial charge in [-0.3, -0.25) is 19.0 Å². The third kappa shape index (κ3) is 4.62. The summed E-state index contributed by atoms with van der Waals surface area (Å²) in [6, 6.07) is 6.58. The first kappa shape index (κ1) is 20.5. The summed E-state index contributed by atoms with van der Waals surface area (Å²) in [4.78, 5) is 42.1. The number of ether oxygens (including phenoxy) is 1. The molecule has 3 rings (SSSR count). The first-order valence-electron chi connectivity index (χ1n) is 8.56. The molecule has 0 aliphatic carbocycles. The minimum absolute atomic E-state index is 0.0684. The number of carbonyl (C=O) groups is 2. The molecule has 29 heavy (non-hydrogen) atoms. The standard InChI is InChI=1S/C18H19BrN6O4/c1-23(2)14(27)9-29-12-6-4-11(5-7-12)21-13(26)8-25-10-20-17-15(18(25)28)16(19)22-24(17)3/h4-7,10H,8-9H2,1-3H3,(H,21,26). The van der Waals surface area contributed by atoms with E-state index in [1.807, 2.05) is 0 Å². The van der Waals surface area contributed by atoms with Gasteiger partial charge in [0.25, 0.3) is 11.5 Å². The van der Waals surface area contributed by atoms with Crippen molar-refractivity contribution < 1.29 is 14.3 Å². The average molecular weight is 463 g/mol. The predicted octanol–water partition coefficient (Wildman–Crippen LogP) is 0.998. The molecule has 11 heteroatoms. The van der Waals surface area contributed by atoms with E-state index >= 15 is 0 Å². The number of aryl methyl sites for hydroxylation is 1. The second-order valence-electron chi connectivity index (χ2n) is 6.44. The fourth-order valence-electron chi connectivity index (χ4n) is 2.51. The number of hydrogen-bond donors (Lipinski definition) is 1. The highest BCUT2D eigenvalue weighted by atomic mass is 79.9. The van der Waals surface area contributed by atoms with Crippen molar-refractivity contribution in [2.45, 2.75) is 6.54 Å². The molecule has 0 bridgehead atoms. The van der Waals surface area contributed by atoms with Crippen molar-refractivity contribution in [1.29, 1.82) is 0 Å². The Kier molecular flexibility index (Phi) is 5.97. The van der Waals surface area contributed by atoms with Crippen LogP contribution in [-0.2, 0) is 23.2 Å². The summed E-state index contributed by atoms with van der Waals surface area (Å²) in [5.41, 5.74) is 0.604. The maximum atomic E-state index is 12.6. The summed E-state index contributed by atoms with van der Waals surface area (Å²) in [5.74, 6) is -0.0335. The summed E-state index contributed by atoms with van der Waals surface area (Å²) in [6.45, 7) is -0.264. The number of fused-ring (bicyclic) bond motifs is 1. The topological polar surface area (TPSA) is 111 Å². The largest absolute Gasteiger partial charge is 0.484 e. The number of likely N-dealkylation sites (N-methyl/N-ethyl adjacent to an activating group) is 1. The van der Waals surface area contributed by atoms with Crippen LogP contribution in [0.25, 0.3) is 11.0 Å². The number of nitrogens with zero attached hydrogens (tertiary/aromatic N) is 5. The molecule has 3 aromatic rings. The minimum Gasteiger partial charge on any atom is -0.484 e. The van der Waals surface area contributed by atoms with Crippen LogP contribution in [0, 0.1) is 0 Å². The van der Waals surface area contributed by atoms with E-state index in [2.05, 4.69) is 31.3 Å². The van der Waals surface area contributed by atoms with E-state index in [0.717, 1.165) is 0 Å². The van der Waals surface area contributed by atoms with Crippen molar-refractivity contribution in [2.24, 2.45) is 7.05 Å². The quantitative estimate of drug-likeness (QED) is 0.584. The maximum Gasteiger partial charge on any atom is 0.266 e. The van der Waals surface area contributed by atoms with E-state index in [1.54, 1.807) is 45.4 Å². The molecule has 2 heterocycles. The van der Waals surface area contributed by atoms with E-state index in [-0.39, 0.29) is 30.5 Å². The Bertz CT molecular complexity index is 1120. The molecule has 0 aliphatic rings. The van der Waals surface area contributed by atoms with Crippen LogP contribution < -0.4 is 15.6 Å². The van der Waals surface area contributed by atoms with Crippen LogP contribution in [0.2, 0.25) is 0 Å². The third-order valence-corrected chi connectivity index (χ3v) is 4.64. The van der Waals surface area contributed by atoms with Gasteiger partial charge in [0, 0.05) is 26.8 Å². The maximum absolute atomic E-state index is 12.6. The number of nitrogens with one attached hydrogen (secondary N) is 1. The zero-order chi connectivity index (χ0) is 21.1. The third-order valence-electron chi connectivity index (χ3n) is 4.08. The lowest BCUT2D eigenvalue weighted by Gasteiger charge is -2.12. The highest BCUT2D eigenvalue weighted by Gasteiger charge is 2.15. The number of aromatic nitrogens is 4. The van der Waals surface area contributed by atoms with Crippen molar-refractivity contribution in [3.05, 3.63) is 45.5 Å². The first-order chi connectivity index (χ1) is 13.8. The van der Waals surface area contributed by atoms with Gasteiger partial charge in [-0.15, -0.1) is 0 Å². The van der Waals surface area contributed by atoms with Crippen LogP contribution in [0.5, 0.6) is 5.75 Å². The molecular weight excluding hydrogens is 444 g/mol. The summed E-state index contributed by atoms with van der Waals surface area (Å²) in [6.07, 6.45) is 1.32. The molecule has 0 aliphatic heterocycles. The molecule has 0 fully saturated rings. The lowest BCUT2D eigenvalue weighted by molar-refractivity contribution is -0.130. The minimum atomic E-state index is -0.385. The molecule has 0 atom stereocenters. The lowest BCUT2D eigenvalue weighted by Crippen LogP contribution is -2.28. The van der Waals surface area contributed by atoms with Gasteiger partial charge in [-0.2, -0.15) is 5.10 Å². The molecule has 0 spiro atoms. The Morgan fingerprint density at radius 2 is 1.93 bits per heavy atom. The molecule has 0 unspecified atom stereocenters. The molecule has 1 aromatic carbocycles. The van der Waals surface area contributed by atoms with Gasteiger partial charge in [-0.25, -0.2) is 9.67 Å². The highest BCUT2D eigenvalue weighted by Crippen LogP contribution is 2.17. The zero-order valence-electron chi connectivity index (χ0n) is 16.0. The van der Waals surface area contributed by atoms with Crippen LogP contribution in [0.4, 0.5) is 5.69 Å². The molecule has 0 radical (unpaired) electrons. The number of halogens is 1. The SMILES string of the molecule is CN(C)C(=O)COc1ccc(NC(=O)Cn2cnc3c(c(Br)nn3C)c2=O)cc1. The Hall–Kier alpha value is -3.21. The fraction of sp³-hybridized carbons (Fsp3) is 0.278. The van der Waals surface area contributed by atoms with Crippen molar-refractivity contribution in [2.75, 3.05) is 26.0 Å². The number of amides is 2. The van der Waals surface area contributed by atoms with Gasteiger partial charge < -0.3 is 15.0 Å². The summed E-state index contributed by atoms with van der Waals surface area (Å²) in [7, 11) is 4.98. The average Bonchev–Trinajstić information content (AvgIpc) is 2.97. The normalized spacial score (nSPS) is 10.8. The van der Waals surface area contributed by atoms with Crippen molar-refractivity contribution >= 4 is 44.5 Å². The monoisotopic (exact) mass is 462 g/mol. The van der Waals surface area contributed by atoms with Crippen molar-refractivity contribution in [1.82, 2.24) is 24.2 Å². The van der Waals surface area contributed by atoms with Crippen molar-refractivity contribution in [3.63, 3.8) is 0 Å². The van der Waals surface area contributed by atoms with Gasteiger partial charge in [-0.05, 0) is 40.2 Å². The number of hydrogen-bond acceptors (Lipinski definition) is 6. The zero-order valence-corrected chi connectivity index (χ0v) is 17.6. The molecule has 1 N–H and O–H groups in total. The van der Waals surface area contributed by atoms with Crippen LogP contribution in [0.15, 0.2) is 40.0 Å². The molecule has 2 amide bonds. The molecule has 0 saturated carbocycles. The molecule has 152 valence electrons. The summed E-state index contributed by atoms with van der Waals surface area (Å²) < 4.78 is 8.47. The highest BCUT2D eigenvalue weighted by molar-refractivity contribution is 9.10. The second-order valence-corrected chi connectivity index (χ2v) is 7.19. The van der Waals surface area contributed by atoms with Gasteiger partial charge in [0.2, 0.25) is 5.91 Å². The van der Waals surface area contributed by atoms with Crippen LogP contribution in [0.1, 0.15) is 0 Å². The van der Waals surface area contributed by atoms with Gasteiger partial charge in [0.05, 0.1) is 0 Å². The smallest absolute Gasteiger partial charge is 0.266 e. The Morgan fingerprint density at radius 1 is 1.24 bits per heavy atom. The molecular formula is C18H19BrN6O4. The van der Waals surface area contributed by atoms with Crippen molar-refractivity contribution in [3.8, 4) is 5.75 Å². The van der Waals surface area contributed by atoms with E-state index in [4.69, 9.17) is 4.74 Å². The van der Waals surface area contributed by atoms with Gasteiger partial charge >= 0.3 is 0 Å². The number of carbonyl (C=O) groups excluding carboxylic acids is 2. The van der Waals surface area contributed by atoms with Crippen LogP contribution in [-0.4, -0.2) is 56.7 Å². The molecule has 10 nitrogen and oxygen atoms in total. The van der Waals surface area contributed by atoms with E-state index in [0.29, 0.717) is 27.1 Å². The summed E-state index contributed by atoms with van der Waals surface area (Å²) in [5, 5.41) is 7.13. The van der Waals surface area contributed by atoms with E-state index in [9.17, 15) is 14.4 Å². The van der Waals surface area contributed by atoms with Gasteiger partial charge in [0.1, 0.15) is 28.6 Å². The Labute approximate surface area is 174 Å². The van der Waals surface area contributed by atoms with E-state index < -0.39 is 0 Å². The predicted molar refractivity (Wildman–Crippen MR) is 110 cm³/mol. The second kappa shape index (κ2) is 8.43. The Balaban J connectivity index is 1.64. The number of anilines is 1. The van der Waals surface area contributed by atoms with Crippen LogP contribution >= 0.6 is 15.9 Å². The number of rotatable bonds is 6.